The molecule has 4 heteroatoms. The van der Waals surface area contributed by atoms with Crippen LogP contribution in [0.15, 0.2) is 109 Å². The molecule has 0 bridgehead atoms. The summed E-state index contributed by atoms with van der Waals surface area (Å²) in [5.41, 5.74) is 4.83. The van der Waals surface area contributed by atoms with Crippen LogP contribution in [0.5, 0.6) is 11.5 Å². The number of para-hydroxylation sites is 2. The molecule has 0 unspecified atom stereocenters. The number of rotatable bonds is 12. The average Bonchev–Trinajstić information content (AvgIpc) is 3.01. The summed E-state index contributed by atoms with van der Waals surface area (Å²) >= 11 is 0. The summed E-state index contributed by atoms with van der Waals surface area (Å²) in [6.45, 7) is 8.88. The quantitative estimate of drug-likeness (QED) is 0.182. The van der Waals surface area contributed by atoms with Crippen molar-refractivity contribution >= 4 is 11.4 Å². The number of ether oxygens (including phenoxy) is 2. The molecule has 1 fully saturated rings. The summed E-state index contributed by atoms with van der Waals surface area (Å²) in [7, 11) is 0. The molecule has 0 radical (unpaired) electrons. The Morgan fingerprint density at radius 1 is 0.725 bits per heavy atom. The van der Waals surface area contributed by atoms with Crippen molar-refractivity contribution in [3.8, 4) is 11.5 Å². The SMILES string of the molecule is CC(C)CCN(c1ccccc1OCc1ccccc1)C1CCN(c2cccc(OCc3ccccc3)c2)CC1. The Balaban J connectivity index is 1.25. The van der Waals surface area contributed by atoms with Crippen LogP contribution in [0.3, 0.4) is 0 Å². The van der Waals surface area contributed by atoms with Gasteiger partial charge in [-0.2, -0.15) is 0 Å². The second kappa shape index (κ2) is 13.9. The zero-order valence-corrected chi connectivity index (χ0v) is 23.9. The van der Waals surface area contributed by atoms with E-state index in [9.17, 15) is 0 Å². The van der Waals surface area contributed by atoms with Gasteiger partial charge in [-0.25, -0.2) is 0 Å². The van der Waals surface area contributed by atoms with Gasteiger partial charge in [-0.15, -0.1) is 0 Å². The highest BCUT2D eigenvalue weighted by molar-refractivity contribution is 5.60. The van der Waals surface area contributed by atoms with Gasteiger partial charge in [0, 0.05) is 37.4 Å². The van der Waals surface area contributed by atoms with E-state index in [-0.39, 0.29) is 0 Å². The lowest BCUT2D eigenvalue weighted by molar-refractivity contribution is 0.304. The van der Waals surface area contributed by atoms with Crippen LogP contribution in [0.2, 0.25) is 0 Å². The van der Waals surface area contributed by atoms with E-state index in [4.69, 9.17) is 9.47 Å². The number of benzene rings is 4. The van der Waals surface area contributed by atoms with E-state index in [2.05, 4.69) is 121 Å². The van der Waals surface area contributed by atoms with Gasteiger partial charge in [0.15, 0.2) is 0 Å². The number of nitrogens with zero attached hydrogens (tertiary/aromatic N) is 2. The molecule has 0 N–H and O–H groups in total. The van der Waals surface area contributed by atoms with Gasteiger partial charge in [-0.3, -0.25) is 0 Å². The fraction of sp³-hybridized carbons (Fsp3) is 0.333. The topological polar surface area (TPSA) is 24.9 Å². The maximum Gasteiger partial charge on any atom is 0.143 e. The molecule has 0 atom stereocenters. The van der Waals surface area contributed by atoms with Crippen LogP contribution in [0.25, 0.3) is 0 Å². The minimum Gasteiger partial charge on any atom is -0.489 e. The summed E-state index contributed by atoms with van der Waals surface area (Å²) in [5.74, 6) is 2.55. The van der Waals surface area contributed by atoms with Crippen LogP contribution in [0.4, 0.5) is 11.4 Å². The Kier molecular flexibility index (Phi) is 9.63. The molecule has 0 aliphatic carbocycles. The molecule has 1 aliphatic heterocycles. The third-order valence-corrected chi connectivity index (χ3v) is 7.70. The molecule has 0 saturated carbocycles. The van der Waals surface area contributed by atoms with Gasteiger partial charge in [-0.05, 0) is 60.6 Å². The van der Waals surface area contributed by atoms with E-state index in [1.54, 1.807) is 0 Å². The fourth-order valence-corrected chi connectivity index (χ4v) is 5.40. The van der Waals surface area contributed by atoms with Gasteiger partial charge in [0.05, 0.1) is 5.69 Å². The van der Waals surface area contributed by atoms with Gasteiger partial charge in [0.1, 0.15) is 24.7 Å². The lowest BCUT2D eigenvalue weighted by Crippen LogP contribution is -2.46. The lowest BCUT2D eigenvalue weighted by Gasteiger charge is -2.41. The number of hydrogen-bond acceptors (Lipinski definition) is 4. The molecule has 5 rings (SSSR count). The van der Waals surface area contributed by atoms with E-state index < -0.39 is 0 Å². The molecule has 1 heterocycles. The van der Waals surface area contributed by atoms with Crippen LogP contribution in [0.1, 0.15) is 44.2 Å². The summed E-state index contributed by atoms with van der Waals surface area (Å²) < 4.78 is 12.5. The van der Waals surface area contributed by atoms with Gasteiger partial charge in [0.25, 0.3) is 0 Å². The maximum atomic E-state index is 6.39. The van der Waals surface area contributed by atoms with Crippen molar-refractivity contribution in [2.75, 3.05) is 29.4 Å². The molecule has 0 amide bonds. The van der Waals surface area contributed by atoms with Crippen molar-refractivity contribution in [1.29, 1.82) is 0 Å². The van der Waals surface area contributed by atoms with Gasteiger partial charge < -0.3 is 19.3 Å². The smallest absolute Gasteiger partial charge is 0.143 e. The maximum absolute atomic E-state index is 6.39. The Labute approximate surface area is 240 Å². The van der Waals surface area contributed by atoms with Crippen LogP contribution < -0.4 is 19.3 Å². The lowest BCUT2D eigenvalue weighted by atomic mass is 10.00. The first-order valence-corrected chi connectivity index (χ1v) is 14.7. The molecule has 208 valence electrons. The Morgan fingerprint density at radius 3 is 2.02 bits per heavy atom. The Bertz CT molecular complexity index is 1300. The summed E-state index contributed by atoms with van der Waals surface area (Å²) in [6, 6.07) is 38.4. The normalized spacial score (nSPS) is 13.8. The van der Waals surface area contributed by atoms with E-state index in [1.807, 2.05) is 12.1 Å². The first-order chi connectivity index (χ1) is 19.7. The first-order valence-electron chi connectivity index (χ1n) is 14.7. The van der Waals surface area contributed by atoms with E-state index in [0.717, 1.165) is 50.4 Å². The molecule has 0 spiro atoms. The highest BCUT2D eigenvalue weighted by atomic mass is 16.5. The van der Waals surface area contributed by atoms with Crippen LogP contribution >= 0.6 is 0 Å². The number of piperidine rings is 1. The third-order valence-electron chi connectivity index (χ3n) is 7.70. The van der Waals surface area contributed by atoms with Crippen LogP contribution in [-0.4, -0.2) is 25.7 Å². The van der Waals surface area contributed by atoms with Crippen molar-refractivity contribution in [3.05, 3.63) is 120 Å². The standard InChI is InChI=1S/C36H42N2O2/c1-29(2)20-25-38(35-18-9-10-19-36(35)40-28-31-14-7-4-8-15-31)32-21-23-37(24-22-32)33-16-11-17-34(26-33)39-27-30-12-5-3-6-13-30/h3-19,26,29,32H,20-25,27-28H2,1-2H3. The zero-order chi connectivity index (χ0) is 27.6. The van der Waals surface area contributed by atoms with Gasteiger partial charge in [0.2, 0.25) is 0 Å². The van der Waals surface area contributed by atoms with E-state index in [0.29, 0.717) is 25.2 Å². The third kappa shape index (κ3) is 7.59. The molecule has 40 heavy (non-hydrogen) atoms. The minimum atomic E-state index is 0.481. The molecule has 1 saturated heterocycles. The largest absolute Gasteiger partial charge is 0.489 e. The summed E-state index contributed by atoms with van der Waals surface area (Å²) in [5, 5.41) is 0. The number of hydrogen-bond donors (Lipinski definition) is 0. The van der Waals surface area contributed by atoms with Crippen LogP contribution in [-0.2, 0) is 13.2 Å². The van der Waals surface area contributed by atoms with E-state index >= 15 is 0 Å². The Hall–Kier alpha value is -3.92. The Morgan fingerprint density at radius 2 is 1.35 bits per heavy atom. The molecule has 0 aromatic heterocycles. The molecule has 4 aromatic rings. The van der Waals surface area contributed by atoms with E-state index in [1.165, 1.54) is 22.5 Å². The second-order valence-electron chi connectivity index (χ2n) is 11.1. The van der Waals surface area contributed by atoms with Crippen molar-refractivity contribution in [3.63, 3.8) is 0 Å². The molecular weight excluding hydrogens is 492 g/mol. The fourth-order valence-electron chi connectivity index (χ4n) is 5.40. The first kappa shape index (κ1) is 27.6. The minimum absolute atomic E-state index is 0.481. The highest BCUT2D eigenvalue weighted by Gasteiger charge is 2.27. The predicted octanol–water partition coefficient (Wildman–Crippen LogP) is 8.37. The molecule has 1 aliphatic rings. The summed E-state index contributed by atoms with van der Waals surface area (Å²) in [4.78, 5) is 5.13. The van der Waals surface area contributed by atoms with Crippen molar-refractivity contribution in [2.45, 2.75) is 52.4 Å². The molecule has 4 nitrogen and oxygen atoms in total. The highest BCUT2D eigenvalue weighted by Crippen LogP contribution is 2.34. The second-order valence-corrected chi connectivity index (χ2v) is 11.1. The summed E-state index contributed by atoms with van der Waals surface area (Å²) in [6.07, 6.45) is 3.38. The van der Waals surface area contributed by atoms with Crippen molar-refractivity contribution in [2.24, 2.45) is 5.92 Å². The van der Waals surface area contributed by atoms with Gasteiger partial charge in [-0.1, -0.05) is 92.7 Å². The molecular formula is C36H42N2O2. The van der Waals surface area contributed by atoms with Gasteiger partial charge >= 0.3 is 0 Å². The van der Waals surface area contributed by atoms with Crippen LogP contribution in [0, 0.1) is 5.92 Å². The van der Waals surface area contributed by atoms with Crippen molar-refractivity contribution in [1.82, 2.24) is 0 Å². The van der Waals surface area contributed by atoms with Crippen molar-refractivity contribution < 1.29 is 9.47 Å². The number of anilines is 2. The monoisotopic (exact) mass is 534 g/mol. The average molecular weight is 535 g/mol. The zero-order valence-electron chi connectivity index (χ0n) is 23.9. The predicted molar refractivity (Wildman–Crippen MR) is 166 cm³/mol. The molecule has 4 aromatic carbocycles.